The number of rotatable bonds is 3. The van der Waals surface area contributed by atoms with Crippen LogP contribution in [-0.2, 0) is 6.42 Å². The molecule has 1 nitrogen and oxygen atoms in total. The molecule has 0 amide bonds. The molecule has 0 aliphatic heterocycles. The van der Waals surface area contributed by atoms with Crippen LogP contribution in [0.15, 0.2) is 21.1 Å². The minimum absolute atomic E-state index is 0.0853. The second-order valence-electron chi connectivity index (χ2n) is 2.68. The molecule has 72 valence electrons. The Balaban J connectivity index is 2.92. The predicted octanol–water partition coefficient (Wildman–Crippen LogP) is 3.28. The summed E-state index contributed by atoms with van der Waals surface area (Å²) in [6.45, 7) is 0.0853. The highest BCUT2D eigenvalue weighted by atomic mass is 79.9. The lowest BCUT2D eigenvalue weighted by Crippen LogP contribution is -1.95. The van der Waals surface area contributed by atoms with Crippen LogP contribution in [-0.4, -0.2) is 11.7 Å². The molecule has 0 unspecified atom stereocenters. The minimum Gasteiger partial charge on any atom is -0.396 e. The molecule has 0 bridgehead atoms. The van der Waals surface area contributed by atoms with Crippen LogP contribution in [0.4, 0.5) is 4.39 Å². The molecular formula is C9H9Br2FO. The molecule has 0 saturated carbocycles. The predicted molar refractivity (Wildman–Crippen MR) is 57.2 cm³/mol. The van der Waals surface area contributed by atoms with Crippen molar-refractivity contribution in [2.45, 2.75) is 12.8 Å². The standard InChI is InChI=1S/C9H9Br2FO/c10-6-4-8(11)7(2-1-3-13)9(12)5-6/h4-5,13H,1-3H2. The third kappa shape index (κ3) is 3.04. The first-order valence-electron chi connectivity index (χ1n) is 3.89. The van der Waals surface area contributed by atoms with E-state index in [9.17, 15) is 4.39 Å². The lowest BCUT2D eigenvalue weighted by atomic mass is 10.1. The summed E-state index contributed by atoms with van der Waals surface area (Å²) in [4.78, 5) is 0. The van der Waals surface area contributed by atoms with Crippen molar-refractivity contribution in [3.63, 3.8) is 0 Å². The van der Waals surface area contributed by atoms with Gasteiger partial charge in [-0.25, -0.2) is 4.39 Å². The highest BCUT2D eigenvalue weighted by Gasteiger charge is 2.07. The molecule has 0 saturated heterocycles. The highest BCUT2D eigenvalue weighted by molar-refractivity contribution is 9.11. The number of aliphatic hydroxyl groups excluding tert-OH is 1. The Morgan fingerprint density at radius 1 is 1.31 bits per heavy atom. The molecule has 0 atom stereocenters. The summed E-state index contributed by atoms with van der Waals surface area (Å²) in [5.74, 6) is -0.241. The van der Waals surface area contributed by atoms with E-state index in [4.69, 9.17) is 5.11 Å². The van der Waals surface area contributed by atoms with Crippen LogP contribution >= 0.6 is 31.9 Å². The fourth-order valence-corrected chi connectivity index (χ4v) is 2.44. The van der Waals surface area contributed by atoms with E-state index < -0.39 is 0 Å². The molecule has 0 aliphatic rings. The molecule has 4 heteroatoms. The minimum atomic E-state index is -0.241. The van der Waals surface area contributed by atoms with Gasteiger partial charge in [-0.05, 0) is 25.0 Å². The highest BCUT2D eigenvalue weighted by Crippen LogP contribution is 2.25. The van der Waals surface area contributed by atoms with E-state index >= 15 is 0 Å². The van der Waals surface area contributed by atoms with Crippen LogP contribution in [0.25, 0.3) is 0 Å². The summed E-state index contributed by atoms with van der Waals surface area (Å²) in [7, 11) is 0. The average molecular weight is 312 g/mol. The maximum atomic E-state index is 13.3. The molecule has 0 aliphatic carbocycles. The average Bonchev–Trinajstić information content (AvgIpc) is 2.02. The van der Waals surface area contributed by atoms with E-state index in [1.54, 1.807) is 6.07 Å². The maximum Gasteiger partial charge on any atom is 0.128 e. The molecule has 0 spiro atoms. The summed E-state index contributed by atoms with van der Waals surface area (Å²) >= 11 is 6.47. The second-order valence-corrected chi connectivity index (χ2v) is 4.45. The van der Waals surface area contributed by atoms with Crippen molar-refractivity contribution in [3.8, 4) is 0 Å². The number of aliphatic hydroxyl groups is 1. The number of hydrogen-bond donors (Lipinski definition) is 1. The van der Waals surface area contributed by atoms with Gasteiger partial charge in [0.05, 0.1) is 0 Å². The number of hydrogen-bond acceptors (Lipinski definition) is 1. The van der Waals surface area contributed by atoms with Crippen molar-refractivity contribution in [1.29, 1.82) is 0 Å². The van der Waals surface area contributed by atoms with Crippen molar-refractivity contribution < 1.29 is 9.50 Å². The monoisotopic (exact) mass is 310 g/mol. The summed E-state index contributed by atoms with van der Waals surface area (Å²) in [5.41, 5.74) is 0.622. The normalized spacial score (nSPS) is 10.5. The first kappa shape index (κ1) is 11.1. The Kier molecular flexibility index (Phi) is 4.35. The Bertz CT molecular complexity index is 279. The van der Waals surface area contributed by atoms with Crippen LogP contribution in [0.3, 0.4) is 0 Å². The zero-order valence-electron chi connectivity index (χ0n) is 6.86. The van der Waals surface area contributed by atoms with Crippen molar-refractivity contribution in [3.05, 3.63) is 32.5 Å². The van der Waals surface area contributed by atoms with Gasteiger partial charge in [0.1, 0.15) is 5.82 Å². The van der Waals surface area contributed by atoms with Gasteiger partial charge < -0.3 is 5.11 Å². The van der Waals surface area contributed by atoms with Crippen LogP contribution < -0.4 is 0 Å². The zero-order chi connectivity index (χ0) is 9.84. The first-order chi connectivity index (χ1) is 6.15. The van der Waals surface area contributed by atoms with Crippen molar-refractivity contribution >= 4 is 31.9 Å². The van der Waals surface area contributed by atoms with Gasteiger partial charge >= 0.3 is 0 Å². The van der Waals surface area contributed by atoms with Gasteiger partial charge in [0.2, 0.25) is 0 Å². The van der Waals surface area contributed by atoms with Crippen molar-refractivity contribution in [2.75, 3.05) is 6.61 Å². The summed E-state index contributed by atoms with van der Waals surface area (Å²) < 4.78 is 14.7. The van der Waals surface area contributed by atoms with Gasteiger partial charge in [0, 0.05) is 21.1 Å². The summed E-state index contributed by atoms with van der Waals surface area (Å²) in [6.07, 6.45) is 1.13. The topological polar surface area (TPSA) is 20.2 Å². The molecule has 0 radical (unpaired) electrons. The third-order valence-electron chi connectivity index (χ3n) is 1.69. The molecule has 1 N–H and O–H groups in total. The summed E-state index contributed by atoms with van der Waals surface area (Å²) in [5, 5.41) is 8.62. The van der Waals surface area contributed by atoms with E-state index in [0.29, 0.717) is 22.9 Å². The van der Waals surface area contributed by atoms with Gasteiger partial charge in [-0.1, -0.05) is 31.9 Å². The van der Waals surface area contributed by atoms with Gasteiger partial charge in [-0.15, -0.1) is 0 Å². The van der Waals surface area contributed by atoms with Gasteiger partial charge in [0.25, 0.3) is 0 Å². The van der Waals surface area contributed by atoms with E-state index in [1.807, 2.05) is 0 Å². The molecule has 1 rings (SSSR count). The molecule has 0 aromatic heterocycles. The third-order valence-corrected chi connectivity index (χ3v) is 2.86. The van der Waals surface area contributed by atoms with Gasteiger partial charge in [-0.3, -0.25) is 0 Å². The molecular weight excluding hydrogens is 303 g/mol. The first-order valence-corrected chi connectivity index (χ1v) is 5.48. The quantitative estimate of drug-likeness (QED) is 0.908. The SMILES string of the molecule is OCCCc1c(F)cc(Br)cc1Br. The van der Waals surface area contributed by atoms with E-state index in [2.05, 4.69) is 31.9 Å². The van der Waals surface area contributed by atoms with Crippen LogP contribution in [0.2, 0.25) is 0 Å². The lowest BCUT2D eigenvalue weighted by Gasteiger charge is -2.05. The fraction of sp³-hybridized carbons (Fsp3) is 0.333. The summed E-state index contributed by atoms with van der Waals surface area (Å²) in [6, 6.07) is 3.23. The molecule has 1 aromatic carbocycles. The Morgan fingerprint density at radius 3 is 2.54 bits per heavy atom. The molecule has 0 fully saturated rings. The second kappa shape index (κ2) is 5.08. The molecule has 1 aromatic rings. The van der Waals surface area contributed by atoms with Gasteiger partial charge in [-0.2, -0.15) is 0 Å². The van der Waals surface area contributed by atoms with Crippen LogP contribution in [0.1, 0.15) is 12.0 Å². The molecule has 0 heterocycles. The Hall–Kier alpha value is 0.0700. The fourth-order valence-electron chi connectivity index (χ4n) is 1.07. The largest absolute Gasteiger partial charge is 0.396 e. The van der Waals surface area contributed by atoms with E-state index in [1.165, 1.54) is 6.07 Å². The Morgan fingerprint density at radius 2 is 2.00 bits per heavy atom. The zero-order valence-corrected chi connectivity index (χ0v) is 10.0. The van der Waals surface area contributed by atoms with Crippen molar-refractivity contribution in [2.24, 2.45) is 0 Å². The van der Waals surface area contributed by atoms with Crippen LogP contribution in [0.5, 0.6) is 0 Å². The molecule has 13 heavy (non-hydrogen) atoms. The number of benzene rings is 1. The smallest absolute Gasteiger partial charge is 0.128 e. The number of halogens is 3. The Labute approximate surface area is 93.2 Å². The maximum absolute atomic E-state index is 13.3. The van der Waals surface area contributed by atoms with E-state index in [-0.39, 0.29) is 12.4 Å². The van der Waals surface area contributed by atoms with Crippen molar-refractivity contribution in [1.82, 2.24) is 0 Å². The lowest BCUT2D eigenvalue weighted by molar-refractivity contribution is 0.288. The van der Waals surface area contributed by atoms with E-state index in [0.717, 1.165) is 4.47 Å². The van der Waals surface area contributed by atoms with Crippen LogP contribution in [0, 0.1) is 5.82 Å². The van der Waals surface area contributed by atoms with Gasteiger partial charge in [0.15, 0.2) is 0 Å².